The van der Waals surface area contributed by atoms with Crippen molar-refractivity contribution in [2.75, 3.05) is 32.9 Å². The van der Waals surface area contributed by atoms with E-state index in [1.165, 1.54) is 5.56 Å². The Morgan fingerprint density at radius 2 is 1.67 bits per heavy atom. The highest BCUT2D eigenvalue weighted by Crippen LogP contribution is 2.08. The smallest absolute Gasteiger partial charge is 0.307 e. The van der Waals surface area contributed by atoms with Gasteiger partial charge in [0.15, 0.2) is 0 Å². The van der Waals surface area contributed by atoms with Crippen LogP contribution in [0.1, 0.15) is 57.1 Å². The van der Waals surface area contributed by atoms with Crippen LogP contribution in [0.2, 0.25) is 0 Å². The molecule has 0 bridgehead atoms. The molecule has 0 atom stereocenters. The number of hydrogen-bond acceptors (Lipinski definition) is 4. The van der Waals surface area contributed by atoms with Crippen molar-refractivity contribution in [3.8, 4) is 0 Å². The van der Waals surface area contributed by atoms with Crippen LogP contribution in [0, 0.1) is 6.92 Å². The minimum atomic E-state index is -0.256. The lowest BCUT2D eigenvalue weighted by Crippen LogP contribution is -2.34. The van der Waals surface area contributed by atoms with Crippen molar-refractivity contribution < 1.29 is 19.1 Å². The largest absolute Gasteiger partial charge is 0.466 e. The zero-order valence-corrected chi connectivity index (χ0v) is 17.2. The molecule has 5 nitrogen and oxygen atoms in total. The second-order valence-corrected chi connectivity index (χ2v) is 6.74. The first kappa shape index (κ1) is 23.2. The molecule has 0 fully saturated rings. The van der Waals surface area contributed by atoms with Gasteiger partial charge in [-0.3, -0.25) is 9.59 Å². The van der Waals surface area contributed by atoms with Gasteiger partial charge in [0.05, 0.1) is 13.0 Å². The molecule has 0 aliphatic rings. The fourth-order valence-corrected chi connectivity index (χ4v) is 2.69. The zero-order chi connectivity index (χ0) is 19.9. The van der Waals surface area contributed by atoms with E-state index in [2.05, 4.69) is 38.1 Å². The van der Waals surface area contributed by atoms with Crippen LogP contribution < -0.4 is 0 Å². The Morgan fingerprint density at radius 3 is 2.33 bits per heavy atom. The van der Waals surface area contributed by atoms with Gasteiger partial charge >= 0.3 is 5.97 Å². The maximum absolute atomic E-state index is 12.7. The molecule has 0 saturated carbocycles. The van der Waals surface area contributed by atoms with Crippen molar-refractivity contribution in [1.82, 2.24) is 4.90 Å². The molecule has 1 aromatic rings. The third-order valence-electron chi connectivity index (χ3n) is 4.35. The lowest BCUT2D eigenvalue weighted by molar-refractivity contribution is -0.144. The van der Waals surface area contributed by atoms with Crippen molar-refractivity contribution in [3.05, 3.63) is 35.4 Å². The molecular weight excluding hydrogens is 342 g/mol. The Bertz CT molecular complexity index is 542. The van der Waals surface area contributed by atoms with E-state index in [0.717, 1.165) is 31.4 Å². The van der Waals surface area contributed by atoms with Gasteiger partial charge in [0.1, 0.15) is 0 Å². The van der Waals surface area contributed by atoms with E-state index < -0.39 is 0 Å². The number of rotatable bonds is 14. The van der Waals surface area contributed by atoms with E-state index in [0.29, 0.717) is 39.1 Å². The minimum absolute atomic E-state index is 0.0773. The summed E-state index contributed by atoms with van der Waals surface area (Å²) in [5.41, 5.74) is 2.37. The molecule has 0 radical (unpaired) electrons. The summed E-state index contributed by atoms with van der Waals surface area (Å²) in [5.74, 6) is -0.179. The minimum Gasteiger partial charge on any atom is -0.466 e. The molecular formula is C22H35NO4. The van der Waals surface area contributed by atoms with Crippen LogP contribution in [0.5, 0.6) is 0 Å². The number of hydrogen-bond donors (Lipinski definition) is 0. The summed E-state index contributed by atoms with van der Waals surface area (Å²) in [5, 5.41) is 0. The molecule has 1 aromatic carbocycles. The molecule has 0 heterocycles. The van der Waals surface area contributed by atoms with E-state index in [1.807, 2.05) is 0 Å². The topological polar surface area (TPSA) is 55.8 Å². The summed E-state index contributed by atoms with van der Waals surface area (Å²) in [6.45, 7) is 8.75. The number of esters is 1. The van der Waals surface area contributed by atoms with E-state index >= 15 is 0 Å². The maximum atomic E-state index is 12.7. The molecule has 0 N–H and O–H groups in total. The fourth-order valence-electron chi connectivity index (χ4n) is 2.69. The molecule has 0 aromatic heterocycles. The SMILES string of the molecule is CCCCOCCCN(CCC(=O)OCC)C(=O)CCc1ccc(C)cc1. The lowest BCUT2D eigenvalue weighted by atomic mass is 10.1. The number of benzene rings is 1. The highest BCUT2D eigenvalue weighted by atomic mass is 16.5. The van der Waals surface area contributed by atoms with Gasteiger partial charge in [0, 0.05) is 32.7 Å². The third kappa shape index (κ3) is 10.8. The normalized spacial score (nSPS) is 10.6. The zero-order valence-electron chi connectivity index (χ0n) is 17.2. The average molecular weight is 378 g/mol. The second-order valence-electron chi connectivity index (χ2n) is 6.74. The summed E-state index contributed by atoms with van der Waals surface area (Å²) in [7, 11) is 0. The summed E-state index contributed by atoms with van der Waals surface area (Å²) in [6.07, 6.45) is 4.35. The number of carbonyl (C=O) groups is 2. The Labute approximate surface area is 164 Å². The third-order valence-corrected chi connectivity index (χ3v) is 4.35. The molecule has 152 valence electrons. The second kappa shape index (κ2) is 14.2. The van der Waals surface area contributed by atoms with Crippen LogP contribution in [0.25, 0.3) is 0 Å². The van der Waals surface area contributed by atoms with Crippen LogP contribution in [0.4, 0.5) is 0 Å². The molecule has 5 heteroatoms. The Morgan fingerprint density at radius 1 is 0.963 bits per heavy atom. The average Bonchev–Trinajstić information content (AvgIpc) is 2.66. The number of ether oxygens (including phenoxy) is 2. The molecule has 1 amide bonds. The van der Waals surface area contributed by atoms with Crippen molar-refractivity contribution in [2.45, 2.75) is 59.3 Å². The Balaban J connectivity index is 2.47. The fraction of sp³-hybridized carbons (Fsp3) is 0.636. The number of aryl methyl sites for hydroxylation is 2. The first-order chi connectivity index (χ1) is 13.1. The summed E-state index contributed by atoms with van der Waals surface area (Å²) in [6, 6.07) is 8.25. The molecule has 0 spiro atoms. The van der Waals surface area contributed by atoms with E-state index in [-0.39, 0.29) is 18.3 Å². The quantitative estimate of drug-likeness (QED) is 0.364. The van der Waals surface area contributed by atoms with E-state index in [4.69, 9.17) is 9.47 Å². The van der Waals surface area contributed by atoms with E-state index in [9.17, 15) is 9.59 Å². The van der Waals surface area contributed by atoms with Gasteiger partial charge in [-0.1, -0.05) is 43.2 Å². The van der Waals surface area contributed by atoms with Gasteiger partial charge in [-0.15, -0.1) is 0 Å². The molecule has 1 rings (SSSR count). The monoisotopic (exact) mass is 377 g/mol. The number of nitrogens with zero attached hydrogens (tertiary/aromatic N) is 1. The summed E-state index contributed by atoms with van der Waals surface area (Å²) in [4.78, 5) is 26.1. The predicted octanol–water partition coefficient (Wildman–Crippen LogP) is 3.92. The standard InChI is InChI=1S/C22H35NO4/c1-4-6-17-26-18-7-15-23(16-14-22(25)27-5-2)21(24)13-12-20-10-8-19(3)9-11-20/h8-11H,4-7,12-18H2,1-3H3. The summed E-state index contributed by atoms with van der Waals surface area (Å²) >= 11 is 0. The summed E-state index contributed by atoms with van der Waals surface area (Å²) < 4.78 is 10.6. The predicted molar refractivity (Wildman–Crippen MR) is 108 cm³/mol. The van der Waals surface area contributed by atoms with Gasteiger partial charge in [-0.2, -0.15) is 0 Å². The molecule has 0 saturated heterocycles. The van der Waals surface area contributed by atoms with Crippen molar-refractivity contribution in [2.24, 2.45) is 0 Å². The van der Waals surface area contributed by atoms with Gasteiger partial charge in [-0.25, -0.2) is 0 Å². The van der Waals surface area contributed by atoms with Gasteiger partial charge in [0.25, 0.3) is 0 Å². The van der Waals surface area contributed by atoms with E-state index in [1.54, 1.807) is 11.8 Å². The van der Waals surface area contributed by atoms with Crippen molar-refractivity contribution in [1.29, 1.82) is 0 Å². The number of unbranched alkanes of at least 4 members (excludes halogenated alkanes) is 1. The van der Waals surface area contributed by atoms with Crippen molar-refractivity contribution in [3.63, 3.8) is 0 Å². The maximum Gasteiger partial charge on any atom is 0.307 e. The Kier molecular flexibility index (Phi) is 12.2. The molecule has 27 heavy (non-hydrogen) atoms. The van der Waals surface area contributed by atoms with Crippen LogP contribution in [-0.2, 0) is 25.5 Å². The van der Waals surface area contributed by atoms with Crippen LogP contribution in [-0.4, -0.2) is 49.7 Å². The first-order valence-corrected chi connectivity index (χ1v) is 10.1. The van der Waals surface area contributed by atoms with Gasteiger partial charge < -0.3 is 14.4 Å². The molecule has 0 aliphatic heterocycles. The molecule has 0 aliphatic carbocycles. The Hall–Kier alpha value is -1.88. The number of carbonyl (C=O) groups excluding carboxylic acids is 2. The highest BCUT2D eigenvalue weighted by Gasteiger charge is 2.15. The highest BCUT2D eigenvalue weighted by molar-refractivity contribution is 5.77. The molecule has 0 unspecified atom stereocenters. The lowest BCUT2D eigenvalue weighted by Gasteiger charge is -2.22. The van der Waals surface area contributed by atoms with Crippen molar-refractivity contribution >= 4 is 11.9 Å². The van der Waals surface area contributed by atoms with Gasteiger partial charge in [0.2, 0.25) is 5.91 Å². The van der Waals surface area contributed by atoms with Crippen LogP contribution in [0.15, 0.2) is 24.3 Å². The van der Waals surface area contributed by atoms with Crippen LogP contribution >= 0.6 is 0 Å². The van der Waals surface area contributed by atoms with Gasteiger partial charge in [-0.05, 0) is 38.7 Å². The number of amides is 1. The first-order valence-electron chi connectivity index (χ1n) is 10.1. The van der Waals surface area contributed by atoms with Crippen LogP contribution in [0.3, 0.4) is 0 Å².